The van der Waals surface area contributed by atoms with Gasteiger partial charge in [0.15, 0.2) is 4.96 Å². The monoisotopic (exact) mass is 342 g/mol. The molecule has 0 aliphatic heterocycles. The second-order valence-corrected chi connectivity index (χ2v) is 7.59. The highest BCUT2D eigenvalue weighted by Gasteiger charge is 2.13. The Morgan fingerprint density at radius 3 is 2.83 bits per heavy atom. The van der Waals surface area contributed by atoms with Gasteiger partial charge in [-0.15, -0.1) is 11.3 Å². The molecule has 0 aromatic carbocycles. The first-order valence-corrected chi connectivity index (χ1v) is 8.84. The van der Waals surface area contributed by atoms with Crippen molar-refractivity contribution in [2.45, 2.75) is 39.8 Å². The zero-order valence-electron chi connectivity index (χ0n) is 14.5. The van der Waals surface area contributed by atoms with E-state index in [1.54, 1.807) is 21.8 Å². The van der Waals surface area contributed by atoms with E-state index in [9.17, 15) is 4.79 Å². The summed E-state index contributed by atoms with van der Waals surface area (Å²) in [5, 5.41) is 0. The van der Waals surface area contributed by atoms with Crippen LogP contribution in [-0.2, 0) is 13.0 Å². The predicted molar refractivity (Wildman–Crippen MR) is 97.7 cm³/mol. The van der Waals surface area contributed by atoms with Gasteiger partial charge in [0.2, 0.25) is 0 Å². The van der Waals surface area contributed by atoms with Gasteiger partial charge in [-0.2, -0.15) is 0 Å². The zero-order valence-corrected chi connectivity index (χ0v) is 15.3. The summed E-state index contributed by atoms with van der Waals surface area (Å²) in [5.74, 6) is 0. The van der Waals surface area contributed by atoms with E-state index in [0.717, 1.165) is 27.6 Å². The third-order valence-electron chi connectivity index (χ3n) is 4.18. The molecule has 0 radical (unpaired) electrons. The minimum Gasteiger partial charge on any atom is -0.297 e. The first kappa shape index (κ1) is 16.8. The van der Waals surface area contributed by atoms with Crippen molar-refractivity contribution in [3.63, 3.8) is 0 Å². The van der Waals surface area contributed by atoms with Crippen LogP contribution in [0.25, 0.3) is 4.96 Å². The molecule has 0 aliphatic rings. The Morgan fingerprint density at radius 2 is 2.08 bits per heavy atom. The fourth-order valence-electron chi connectivity index (χ4n) is 2.72. The van der Waals surface area contributed by atoms with Gasteiger partial charge in [0, 0.05) is 48.0 Å². The van der Waals surface area contributed by atoms with E-state index in [4.69, 9.17) is 0 Å². The Kier molecular flexibility index (Phi) is 4.78. The lowest BCUT2D eigenvalue weighted by atomic mass is 10.1. The third-order valence-corrected chi connectivity index (χ3v) is 5.07. The molecular formula is C18H22N4OS. The highest BCUT2D eigenvalue weighted by molar-refractivity contribution is 7.16. The van der Waals surface area contributed by atoms with E-state index in [1.807, 2.05) is 25.4 Å². The summed E-state index contributed by atoms with van der Waals surface area (Å²) in [6, 6.07) is 6.07. The molecule has 24 heavy (non-hydrogen) atoms. The summed E-state index contributed by atoms with van der Waals surface area (Å²) in [4.78, 5) is 25.3. The molecule has 0 amide bonds. The number of thiazole rings is 1. The van der Waals surface area contributed by atoms with Crippen LogP contribution in [0.5, 0.6) is 0 Å². The molecule has 1 atom stereocenters. The average molecular weight is 342 g/mol. The molecule has 0 N–H and O–H groups in total. The van der Waals surface area contributed by atoms with E-state index in [-0.39, 0.29) is 5.56 Å². The molecule has 5 nitrogen and oxygen atoms in total. The molecule has 0 saturated heterocycles. The first-order valence-electron chi connectivity index (χ1n) is 8.03. The summed E-state index contributed by atoms with van der Waals surface area (Å²) in [5.41, 5.74) is 3.11. The second kappa shape index (κ2) is 6.83. The number of nitrogens with zero attached hydrogens (tertiary/aromatic N) is 4. The summed E-state index contributed by atoms with van der Waals surface area (Å²) in [7, 11) is 2.06. The second-order valence-electron chi connectivity index (χ2n) is 6.37. The fourth-order valence-corrected chi connectivity index (χ4v) is 3.57. The van der Waals surface area contributed by atoms with Crippen molar-refractivity contribution in [2.24, 2.45) is 0 Å². The van der Waals surface area contributed by atoms with Crippen LogP contribution in [0.3, 0.4) is 0 Å². The minimum atomic E-state index is -0.0132. The van der Waals surface area contributed by atoms with Gasteiger partial charge in [0.1, 0.15) is 0 Å². The lowest BCUT2D eigenvalue weighted by molar-refractivity contribution is 0.244. The molecule has 0 fully saturated rings. The van der Waals surface area contributed by atoms with Crippen molar-refractivity contribution in [3.05, 3.63) is 62.8 Å². The zero-order chi connectivity index (χ0) is 17.3. The van der Waals surface area contributed by atoms with E-state index in [0.29, 0.717) is 12.6 Å². The maximum absolute atomic E-state index is 12.2. The van der Waals surface area contributed by atoms with Crippen molar-refractivity contribution < 1.29 is 0 Å². The van der Waals surface area contributed by atoms with E-state index in [2.05, 4.69) is 41.8 Å². The normalized spacial score (nSPS) is 12.9. The van der Waals surface area contributed by atoms with Crippen LogP contribution >= 0.6 is 11.3 Å². The van der Waals surface area contributed by atoms with Crippen molar-refractivity contribution in [1.29, 1.82) is 0 Å². The number of aromatic nitrogens is 3. The number of fused-ring (bicyclic) bond motifs is 1. The van der Waals surface area contributed by atoms with Crippen molar-refractivity contribution in [3.8, 4) is 0 Å². The number of pyridine rings is 1. The van der Waals surface area contributed by atoms with Gasteiger partial charge in [0.05, 0.1) is 5.69 Å². The largest absolute Gasteiger partial charge is 0.297 e. The molecule has 0 aliphatic carbocycles. The van der Waals surface area contributed by atoms with Crippen molar-refractivity contribution in [2.75, 3.05) is 7.05 Å². The lowest BCUT2D eigenvalue weighted by Crippen LogP contribution is -2.31. The van der Waals surface area contributed by atoms with Gasteiger partial charge in [0.25, 0.3) is 5.56 Å². The van der Waals surface area contributed by atoms with Crippen molar-refractivity contribution in [1.82, 2.24) is 19.3 Å². The number of likely N-dealkylation sites (N-methyl/N-ethyl adjacent to an activating group) is 1. The van der Waals surface area contributed by atoms with Crippen LogP contribution in [0.15, 0.2) is 35.4 Å². The van der Waals surface area contributed by atoms with Crippen LogP contribution in [0.4, 0.5) is 0 Å². The standard InChI is InChI=1S/C18H22N4OS/c1-12-5-6-19-15(7-12)8-13(2)21(4)11-16-9-17(23)22-10-14(3)24-18(22)20-16/h5-7,9-10,13H,8,11H2,1-4H3/t13-/m0/s1. The van der Waals surface area contributed by atoms with Gasteiger partial charge >= 0.3 is 0 Å². The predicted octanol–water partition coefficient (Wildman–Crippen LogP) is 2.83. The number of rotatable bonds is 5. The highest BCUT2D eigenvalue weighted by Crippen LogP contribution is 2.14. The van der Waals surface area contributed by atoms with Gasteiger partial charge in [-0.1, -0.05) is 0 Å². The summed E-state index contributed by atoms with van der Waals surface area (Å²) in [6.07, 6.45) is 4.57. The topological polar surface area (TPSA) is 50.5 Å². The third kappa shape index (κ3) is 3.71. The fraction of sp³-hybridized carbons (Fsp3) is 0.389. The Morgan fingerprint density at radius 1 is 1.29 bits per heavy atom. The molecule has 3 rings (SSSR count). The quantitative estimate of drug-likeness (QED) is 0.715. The molecule has 0 bridgehead atoms. The van der Waals surface area contributed by atoms with Gasteiger partial charge in [-0.25, -0.2) is 4.98 Å². The van der Waals surface area contributed by atoms with Gasteiger partial charge in [-0.3, -0.25) is 19.1 Å². The molecule has 3 heterocycles. The van der Waals surface area contributed by atoms with E-state index >= 15 is 0 Å². The number of aryl methyl sites for hydroxylation is 2. The van der Waals surface area contributed by atoms with Gasteiger partial charge in [-0.05, 0) is 45.5 Å². The van der Waals surface area contributed by atoms with E-state index in [1.165, 1.54) is 5.56 Å². The minimum absolute atomic E-state index is 0.0132. The maximum atomic E-state index is 12.2. The molecule has 0 spiro atoms. The van der Waals surface area contributed by atoms with Gasteiger partial charge < -0.3 is 0 Å². The molecule has 0 unspecified atom stereocenters. The molecule has 126 valence electrons. The molecular weight excluding hydrogens is 320 g/mol. The number of hydrogen-bond donors (Lipinski definition) is 0. The molecule has 6 heteroatoms. The summed E-state index contributed by atoms with van der Waals surface area (Å²) < 4.78 is 1.61. The molecule has 0 saturated carbocycles. The Balaban J connectivity index is 1.74. The van der Waals surface area contributed by atoms with E-state index < -0.39 is 0 Å². The van der Waals surface area contributed by atoms with Crippen LogP contribution in [0.1, 0.15) is 28.8 Å². The molecule has 3 aromatic rings. The number of hydrogen-bond acceptors (Lipinski definition) is 5. The Bertz CT molecular complexity index is 915. The smallest absolute Gasteiger partial charge is 0.258 e. The van der Waals surface area contributed by atoms with Crippen LogP contribution in [0.2, 0.25) is 0 Å². The summed E-state index contributed by atoms with van der Waals surface area (Å²) >= 11 is 1.54. The maximum Gasteiger partial charge on any atom is 0.258 e. The van der Waals surface area contributed by atoms with Crippen LogP contribution in [0, 0.1) is 13.8 Å². The Labute approximate surface area is 145 Å². The Hall–Kier alpha value is -2.05. The lowest BCUT2D eigenvalue weighted by Gasteiger charge is -2.24. The molecule has 3 aromatic heterocycles. The SMILES string of the molecule is Cc1ccnc(C[C@H](C)N(C)Cc2cc(=O)n3cc(C)sc3n2)c1. The summed E-state index contributed by atoms with van der Waals surface area (Å²) in [6.45, 7) is 6.89. The highest BCUT2D eigenvalue weighted by atomic mass is 32.1. The average Bonchev–Trinajstić information content (AvgIpc) is 2.88. The van der Waals surface area contributed by atoms with Crippen molar-refractivity contribution >= 4 is 16.3 Å². The van der Waals surface area contributed by atoms with Crippen LogP contribution in [-0.4, -0.2) is 32.4 Å². The first-order chi connectivity index (χ1) is 11.4. The van der Waals surface area contributed by atoms with Crippen LogP contribution < -0.4 is 5.56 Å².